The second-order valence-electron chi connectivity index (χ2n) is 6.74. The Kier molecular flexibility index (Phi) is 5.97. The molecule has 2 fully saturated rings. The smallest absolute Gasteiger partial charge is 0.00670 e. The first kappa shape index (κ1) is 14.3. The van der Waals surface area contributed by atoms with Crippen molar-refractivity contribution >= 4 is 0 Å². The molecular weight excluding hydrogens is 220 g/mol. The van der Waals surface area contributed by atoms with E-state index in [0.717, 1.165) is 17.9 Å². The maximum atomic E-state index is 3.75. The van der Waals surface area contributed by atoms with E-state index < -0.39 is 0 Å². The predicted molar refractivity (Wildman–Crippen MR) is 78.9 cm³/mol. The number of likely N-dealkylation sites (tertiary alicyclic amines) is 1. The van der Waals surface area contributed by atoms with E-state index in [4.69, 9.17) is 0 Å². The highest BCUT2D eigenvalue weighted by Crippen LogP contribution is 2.23. The average molecular weight is 252 g/mol. The Morgan fingerprint density at radius 2 is 1.89 bits per heavy atom. The molecule has 0 radical (unpaired) electrons. The van der Waals surface area contributed by atoms with Crippen molar-refractivity contribution in [2.45, 2.75) is 64.8 Å². The molecule has 2 rings (SSSR count). The summed E-state index contributed by atoms with van der Waals surface area (Å²) >= 11 is 0. The van der Waals surface area contributed by atoms with Crippen LogP contribution in [-0.4, -0.2) is 37.1 Å². The van der Waals surface area contributed by atoms with Crippen LogP contribution < -0.4 is 5.32 Å². The first-order valence-electron chi connectivity index (χ1n) is 8.21. The van der Waals surface area contributed by atoms with Gasteiger partial charge in [-0.25, -0.2) is 0 Å². The van der Waals surface area contributed by atoms with Crippen LogP contribution in [0.5, 0.6) is 0 Å². The Hall–Kier alpha value is -0.0800. The Bertz CT molecular complexity index is 221. The van der Waals surface area contributed by atoms with Gasteiger partial charge >= 0.3 is 0 Å². The van der Waals surface area contributed by atoms with E-state index in [1.54, 1.807) is 0 Å². The van der Waals surface area contributed by atoms with Gasteiger partial charge in [0.15, 0.2) is 0 Å². The molecule has 1 unspecified atom stereocenters. The highest BCUT2D eigenvalue weighted by atomic mass is 15.1. The van der Waals surface area contributed by atoms with Gasteiger partial charge in [0, 0.05) is 12.6 Å². The van der Waals surface area contributed by atoms with Crippen molar-refractivity contribution < 1.29 is 0 Å². The van der Waals surface area contributed by atoms with Crippen molar-refractivity contribution in [2.24, 2.45) is 11.8 Å². The molecule has 1 aliphatic heterocycles. The summed E-state index contributed by atoms with van der Waals surface area (Å²) in [6, 6.07) is 0.834. The van der Waals surface area contributed by atoms with Gasteiger partial charge in [-0.3, -0.25) is 0 Å². The van der Waals surface area contributed by atoms with E-state index in [1.165, 1.54) is 71.1 Å². The number of rotatable bonds is 6. The number of hydrogen-bond acceptors (Lipinski definition) is 2. The van der Waals surface area contributed by atoms with Gasteiger partial charge in [-0.1, -0.05) is 33.1 Å². The monoisotopic (exact) mass is 252 g/mol. The van der Waals surface area contributed by atoms with Crippen LogP contribution in [0, 0.1) is 11.8 Å². The molecule has 0 bridgehead atoms. The van der Waals surface area contributed by atoms with E-state index in [2.05, 4.69) is 24.1 Å². The molecule has 0 spiro atoms. The van der Waals surface area contributed by atoms with Crippen molar-refractivity contribution in [3.05, 3.63) is 0 Å². The van der Waals surface area contributed by atoms with Gasteiger partial charge in [-0.2, -0.15) is 0 Å². The van der Waals surface area contributed by atoms with Gasteiger partial charge in [0.05, 0.1) is 0 Å². The lowest BCUT2D eigenvalue weighted by atomic mass is 9.95. The zero-order chi connectivity index (χ0) is 12.8. The fourth-order valence-corrected chi connectivity index (χ4v) is 3.53. The lowest BCUT2D eigenvalue weighted by Gasteiger charge is -2.23. The van der Waals surface area contributed by atoms with Gasteiger partial charge in [0.1, 0.15) is 0 Å². The molecule has 0 amide bonds. The van der Waals surface area contributed by atoms with Gasteiger partial charge < -0.3 is 10.2 Å². The number of nitrogens with one attached hydrogen (secondary N) is 1. The topological polar surface area (TPSA) is 15.3 Å². The van der Waals surface area contributed by atoms with Crippen molar-refractivity contribution in [1.82, 2.24) is 10.2 Å². The highest BCUT2D eigenvalue weighted by molar-refractivity contribution is 4.78. The summed E-state index contributed by atoms with van der Waals surface area (Å²) < 4.78 is 0. The van der Waals surface area contributed by atoms with Crippen LogP contribution >= 0.6 is 0 Å². The van der Waals surface area contributed by atoms with E-state index in [0.29, 0.717) is 0 Å². The summed E-state index contributed by atoms with van der Waals surface area (Å²) in [6.45, 7) is 9.97. The molecule has 2 aliphatic rings. The molecule has 0 aromatic heterocycles. The van der Waals surface area contributed by atoms with E-state index in [9.17, 15) is 0 Å². The molecular formula is C16H32N2. The third kappa shape index (κ3) is 4.55. The Morgan fingerprint density at radius 3 is 2.56 bits per heavy atom. The maximum Gasteiger partial charge on any atom is 0.00670 e. The zero-order valence-electron chi connectivity index (χ0n) is 12.5. The summed E-state index contributed by atoms with van der Waals surface area (Å²) in [4.78, 5) is 2.67. The number of nitrogens with zero attached hydrogens (tertiary/aromatic N) is 1. The fraction of sp³-hybridized carbons (Fsp3) is 1.00. The summed E-state index contributed by atoms with van der Waals surface area (Å²) in [6.07, 6.45) is 9.94. The van der Waals surface area contributed by atoms with E-state index in [1.807, 2.05) is 0 Å². The average Bonchev–Trinajstić information content (AvgIpc) is 2.85. The van der Waals surface area contributed by atoms with Crippen LogP contribution in [0.4, 0.5) is 0 Å². The fourth-order valence-electron chi connectivity index (χ4n) is 3.53. The molecule has 2 heteroatoms. The first-order chi connectivity index (χ1) is 8.75. The molecule has 1 heterocycles. The molecule has 1 saturated carbocycles. The minimum absolute atomic E-state index is 0.834. The van der Waals surface area contributed by atoms with E-state index in [-0.39, 0.29) is 0 Å². The van der Waals surface area contributed by atoms with Crippen molar-refractivity contribution in [3.63, 3.8) is 0 Å². The molecule has 1 saturated heterocycles. The van der Waals surface area contributed by atoms with Gasteiger partial charge in [-0.15, -0.1) is 0 Å². The van der Waals surface area contributed by atoms with E-state index >= 15 is 0 Å². The van der Waals surface area contributed by atoms with Gasteiger partial charge in [-0.05, 0) is 57.2 Å². The summed E-state index contributed by atoms with van der Waals surface area (Å²) in [5.74, 6) is 1.83. The Balaban J connectivity index is 1.51. The van der Waals surface area contributed by atoms with Crippen molar-refractivity contribution in [1.29, 1.82) is 0 Å². The summed E-state index contributed by atoms with van der Waals surface area (Å²) in [7, 11) is 0. The lowest BCUT2D eigenvalue weighted by molar-refractivity contribution is 0.292. The maximum absolute atomic E-state index is 3.75. The largest absolute Gasteiger partial charge is 0.314 e. The SMILES string of the molecule is CC(C)C1CCN(CCCNC2CCCCC2)C1. The van der Waals surface area contributed by atoms with Crippen LogP contribution in [0.25, 0.3) is 0 Å². The van der Waals surface area contributed by atoms with Crippen molar-refractivity contribution in [2.75, 3.05) is 26.2 Å². The lowest BCUT2D eigenvalue weighted by Crippen LogP contribution is -2.33. The zero-order valence-corrected chi connectivity index (χ0v) is 12.5. The first-order valence-corrected chi connectivity index (χ1v) is 8.21. The minimum atomic E-state index is 0.834. The second-order valence-corrected chi connectivity index (χ2v) is 6.74. The van der Waals surface area contributed by atoms with Crippen LogP contribution in [0.3, 0.4) is 0 Å². The van der Waals surface area contributed by atoms with Gasteiger partial charge in [0.2, 0.25) is 0 Å². The van der Waals surface area contributed by atoms with Crippen LogP contribution in [0.15, 0.2) is 0 Å². The Labute approximate surface area is 114 Å². The molecule has 106 valence electrons. The molecule has 1 aliphatic carbocycles. The molecule has 1 atom stereocenters. The number of hydrogen-bond donors (Lipinski definition) is 1. The molecule has 1 N–H and O–H groups in total. The molecule has 0 aromatic carbocycles. The van der Waals surface area contributed by atoms with Crippen LogP contribution in [-0.2, 0) is 0 Å². The van der Waals surface area contributed by atoms with Crippen LogP contribution in [0.2, 0.25) is 0 Å². The minimum Gasteiger partial charge on any atom is -0.314 e. The quantitative estimate of drug-likeness (QED) is 0.730. The highest BCUT2D eigenvalue weighted by Gasteiger charge is 2.24. The standard InChI is InChI=1S/C16H32N2/c1-14(2)15-9-12-18(13-15)11-6-10-17-16-7-4-3-5-8-16/h14-17H,3-13H2,1-2H3. The molecule has 0 aromatic rings. The third-order valence-electron chi connectivity index (χ3n) is 4.94. The second kappa shape index (κ2) is 7.49. The molecule has 2 nitrogen and oxygen atoms in total. The van der Waals surface area contributed by atoms with Crippen molar-refractivity contribution in [3.8, 4) is 0 Å². The summed E-state index contributed by atoms with van der Waals surface area (Å²) in [5, 5.41) is 3.75. The predicted octanol–water partition coefficient (Wildman–Crippen LogP) is 3.28. The Morgan fingerprint density at radius 1 is 1.11 bits per heavy atom. The molecule has 18 heavy (non-hydrogen) atoms. The third-order valence-corrected chi connectivity index (χ3v) is 4.94. The van der Waals surface area contributed by atoms with Crippen LogP contribution in [0.1, 0.15) is 58.8 Å². The van der Waals surface area contributed by atoms with Gasteiger partial charge in [0.25, 0.3) is 0 Å². The normalized spacial score (nSPS) is 27.2. The summed E-state index contributed by atoms with van der Waals surface area (Å²) in [5.41, 5.74) is 0.